The number of H-pyrrole nitrogens is 1. The second-order valence-electron chi connectivity index (χ2n) is 6.66. The molecule has 0 saturated heterocycles. The van der Waals surface area contributed by atoms with Crippen molar-refractivity contribution in [2.75, 3.05) is 13.1 Å². The van der Waals surface area contributed by atoms with Crippen LogP contribution < -0.4 is 21.8 Å². The molecule has 0 fully saturated rings. The molecule has 2 aromatic rings. The molecule has 1 heterocycles. The van der Waals surface area contributed by atoms with Gasteiger partial charge in [0.05, 0.1) is 10.8 Å². The summed E-state index contributed by atoms with van der Waals surface area (Å²) in [4.78, 5) is 47.7. The Labute approximate surface area is 149 Å². The summed E-state index contributed by atoms with van der Waals surface area (Å²) in [5.41, 5.74) is -1.50. The van der Waals surface area contributed by atoms with Gasteiger partial charge in [0, 0.05) is 13.1 Å². The van der Waals surface area contributed by atoms with Gasteiger partial charge in [0.25, 0.3) is 11.1 Å². The highest BCUT2D eigenvalue weighted by molar-refractivity contribution is 5.81. The number of rotatable bonds is 5. The number of ether oxygens (including phenoxy) is 1. The van der Waals surface area contributed by atoms with Crippen molar-refractivity contribution in [2.45, 2.75) is 32.9 Å². The number of nitrogens with zero attached hydrogens (tertiary/aromatic N) is 1. The number of aromatic nitrogens is 2. The van der Waals surface area contributed by atoms with E-state index < -0.39 is 28.7 Å². The zero-order chi connectivity index (χ0) is 19.3. The Morgan fingerprint density at radius 3 is 2.35 bits per heavy atom. The molecular weight excluding hydrogens is 340 g/mol. The van der Waals surface area contributed by atoms with Gasteiger partial charge in [0.2, 0.25) is 5.91 Å². The third-order valence-corrected chi connectivity index (χ3v) is 3.30. The Balaban J connectivity index is 1.90. The first-order valence-corrected chi connectivity index (χ1v) is 8.13. The summed E-state index contributed by atoms with van der Waals surface area (Å²) in [5.74, 6) is -0.469. The van der Waals surface area contributed by atoms with Crippen LogP contribution in [0, 0.1) is 0 Å². The van der Waals surface area contributed by atoms with Crippen LogP contribution >= 0.6 is 0 Å². The number of alkyl carbamates (subject to hydrolysis) is 1. The van der Waals surface area contributed by atoms with Gasteiger partial charge in [-0.3, -0.25) is 19.5 Å². The smallest absolute Gasteiger partial charge is 0.407 e. The number of carbonyl (C=O) groups is 2. The molecule has 0 spiro atoms. The SMILES string of the molecule is CC(C)(C)OC(=O)NCCNC(=O)Cn1[nH]c(=O)c2ccccc2c1=O. The summed E-state index contributed by atoms with van der Waals surface area (Å²) < 4.78 is 6.02. The lowest BCUT2D eigenvalue weighted by molar-refractivity contribution is -0.121. The fourth-order valence-electron chi connectivity index (χ4n) is 2.24. The monoisotopic (exact) mass is 362 g/mol. The first-order chi connectivity index (χ1) is 12.2. The van der Waals surface area contributed by atoms with Crippen LogP contribution in [0.4, 0.5) is 4.79 Å². The van der Waals surface area contributed by atoms with E-state index in [1.165, 1.54) is 6.07 Å². The third-order valence-electron chi connectivity index (χ3n) is 3.30. The quantitative estimate of drug-likeness (QED) is 0.662. The highest BCUT2D eigenvalue weighted by atomic mass is 16.6. The van der Waals surface area contributed by atoms with E-state index in [0.717, 1.165) is 4.68 Å². The van der Waals surface area contributed by atoms with Crippen molar-refractivity contribution >= 4 is 22.8 Å². The van der Waals surface area contributed by atoms with Crippen LogP contribution in [0.5, 0.6) is 0 Å². The largest absolute Gasteiger partial charge is 0.444 e. The predicted molar refractivity (Wildman–Crippen MR) is 96.1 cm³/mol. The van der Waals surface area contributed by atoms with E-state index in [1.54, 1.807) is 39.0 Å². The van der Waals surface area contributed by atoms with Crippen LogP contribution in [0.15, 0.2) is 33.9 Å². The molecule has 9 heteroatoms. The van der Waals surface area contributed by atoms with Gasteiger partial charge in [-0.25, -0.2) is 9.48 Å². The average molecular weight is 362 g/mol. The van der Waals surface area contributed by atoms with E-state index in [-0.39, 0.29) is 30.4 Å². The summed E-state index contributed by atoms with van der Waals surface area (Å²) >= 11 is 0. The summed E-state index contributed by atoms with van der Waals surface area (Å²) in [6.07, 6.45) is -0.582. The molecule has 2 rings (SSSR count). The van der Waals surface area contributed by atoms with Crippen LogP contribution in [0.25, 0.3) is 10.8 Å². The van der Waals surface area contributed by atoms with Crippen molar-refractivity contribution < 1.29 is 14.3 Å². The zero-order valence-electron chi connectivity index (χ0n) is 14.9. The number of fused-ring (bicyclic) bond motifs is 1. The second kappa shape index (κ2) is 7.85. The first kappa shape index (κ1) is 19.2. The van der Waals surface area contributed by atoms with Gasteiger partial charge >= 0.3 is 6.09 Å². The molecule has 0 radical (unpaired) electrons. The fraction of sp³-hybridized carbons (Fsp3) is 0.412. The molecule has 2 amide bonds. The highest BCUT2D eigenvalue weighted by Gasteiger charge is 2.15. The molecule has 9 nitrogen and oxygen atoms in total. The van der Waals surface area contributed by atoms with Crippen molar-refractivity contribution in [3.63, 3.8) is 0 Å². The molecule has 0 bridgehead atoms. The number of carbonyl (C=O) groups excluding carboxylic acids is 2. The van der Waals surface area contributed by atoms with Gasteiger partial charge in [0.15, 0.2) is 0 Å². The number of hydrogen-bond donors (Lipinski definition) is 3. The molecule has 3 N–H and O–H groups in total. The van der Waals surface area contributed by atoms with Crippen LogP contribution in [-0.2, 0) is 16.1 Å². The summed E-state index contributed by atoms with van der Waals surface area (Å²) in [7, 11) is 0. The minimum Gasteiger partial charge on any atom is -0.444 e. The Morgan fingerprint density at radius 1 is 1.08 bits per heavy atom. The average Bonchev–Trinajstić information content (AvgIpc) is 2.55. The zero-order valence-corrected chi connectivity index (χ0v) is 14.9. The molecule has 0 aliphatic rings. The number of aromatic amines is 1. The summed E-state index contributed by atoms with van der Waals surface area (Å²) in [6.45, 7) is 5.24. The second-order valence-corrected chi connectivity index (χ2v) is 6.66. The molecule has 26 heavy (non-hydrogen) atoms. The van der Waals surface area contributed by atoms with Crippen molar-refractivity contribution in [3.8, 4) is 0 Å². The fourth-order valence-corrected chi connectivity index (χ4v) is 2.24. The lowest BCUT2D eigenvalue weighted by Crippen LogP contribution is -2.40. The number of nitrogens with one attached hydrogen (secondary N) is 3. The van der Waals surface area contributed by atoms with Crippen LogP contribution in [0.2, 0.25) is 0 Å². The molecule has 0 aliphatic heterocycles. The van der Waals surface area contributed by atoms with Gasteiger partial charge in [-0.2, -0.15) is 0 Å². The Kier molecular flexibility index (Phi) is 5.81. The number of hydrogen-bond acceptors (Lipinski definition) is 5. The van der Waals surface area contributed by atoms with Crippen molar-refractivity contribution in [3.05, 3.63) is 45.0 Å². The maximum Gasteiger partial charge on any atom is 0.407 e. The summed E-state index contributed by atoms with van der Waals surface area (Å²) in [6, 6.07) is 6.38. The van der Waals surface area contributed by atoms with Gasteiger partial charge in [-0.05, 0) is 32.9 Å². The lowest BCUT2D eigenvalue weighted by atomic mass is 10.2. The molecule has 1 aromatic carbocycles. The molecule has 0 atom stereocenters. The number of benzene rings is 1. The van der Waals surface area contributed by atoms with E-state index in [0.29, 0.717) is 0 Å². The maximum atomic E-state index is 12.3. The van der Waals surface area contributed by atoms with E-state index >= 15 is 0 Å². The third kappa shape index (κ3) is 5.20. The molecular formula is C17H22N4O5. The van der Waals surface area contributed by atoms with Gasteiger partial charge < -0.3 is 15.4 Å². The van der Waals surface area contributed by atoms with Crippen LogP contribution in [0.3, 0.4) is 0 Å². The molecule has 0 saturated carbocycles. The van der Waals surface area contributed by atoms with E-state index in [4.69, 9.17) is 4.74 Å². The lowest BCUT2D eigenvalue weighted by Gasteiger charge is -2.19. The summed E-state index contributed by atoms with van der Waals surface area (Å²) in [5, 5.41) is 7.96. The molecule has 140 valence electrons. The van der Waals surface area contributed by atoms with Gasteiger partial charge in [0.1, 0.15) is 12.1 Å². The van der Waals surface area contributed by atoms with Gasteiger partial charge in [-0.1, -0.05) is 12.1 Å². The minimum atomic E-state index is -0.601. The highest BCUT2D eigenvalue weighted by Crippen LogP contribution is 2.06. The predicted octanol–water partition coefficient (Wildman–Crippen LogP) is 0.331. The van der Waals surface area contributed by atoms with Crippen molar-refractivity contribution in [2.24, 2.45) is 0 Å². The van der Waals surface area contributed by atoms with E-state index in [9.17, 15) is 19.2 Å². The van der Waals surface area contributed by atoms with Crippen molar-refractivity contribution in [1.29, 1.82) is 0 Å². The first-order valence-electron chi connectivity index (χ1n) is 8.13. The Bertz CT molecular complexity index is 923. The van der Waals surface area contributed by atoms with E-state index in [2.05, 4.69) is 15.7 Å². The maximum absolute atomic E-state index is 12.3. The Morgan fingerprint density at radius 2 is 1.69 bits per heavy atom. The minimum absolute atomic E-state index is 0.157. The molecule has 0 unspecified atom stereocenters. The van der Waals surface area contributed by atoms with Crippen molar-refractivity contribution in [1.82, 2.24) is 20.4 Å². The topological polar surface area (TPSA) is 122 Å². The standard InChI is InChI=1S/C17H22N4O5/c1-17(2,3)26-16(25)19-9-8-18-13(22)10-21-15(24)12-7-5-4-6-11(12)14(23)20-21/h4-7H,8-10H2,1-3H3,(H,18,22)(H,19,25)(H,20,23). The van der Waals surface area contributed by atoms with Gasteiger partial charge in [-0.15, -0.1) is 0 Å². The normalized spacial score (nSPS) is 11.2. The molecule has 1 aromatic heterocycles. The van der Waals surface area contributed by atoms with E-state index in [1.807, 2.05) is 0 Å². The Hall–Kier alpha value is -3.10. The van der Waals surface area contributed by atoms with Crippen LogP contribution in [0.1, 0.15) is 20.8 Å². The number of amides is 2. The van der Waals surface area contributed by atoms with Crippen LogP contribution in [-0.4, -0.2) is 40.5 Å². The molecule has 0 aliphatic carbocycles.